The Balaban J connectivity index is 2.65. The van der Waals surface area contributed by atoms with Crippen LogP contribution in [-0.4, -0.2) is 17.0 Å². The Morgan fingerprint density at radius 1 is 1.20 bits per heavy atom. The van der Waals surface area contributed by atoms with E-state index in [4.69, 9.17) is 5.11 Å². The number of carbonyl (C=O) groups is 2. The minimum absolute atomic E-state index is 0.244. The van der Waals surface area contributed by atoms with Gasteiger partial charge in [-0.1, -0.05) is 29.3 Å². The van der Waals surface area contributed by atoms with Crippen LogP contribution in [-0.2, 0) is 16.1 Å². The van der Waals surface area contributed by atoms with E-state index in [0.717, 1.165) is 16.7 Å². The fourth-order valence-electron chi connectivity index (χ4n) is 1.43. The molecule has 0 radical (unpaired) electrons. The van der Waals surface area contributed by atoms with Crippen LogP contribution in [0.5, 0.6) is 0 Å². The molecule has 0 spiro atoms. The fourth-order valence-corrected chi connectivity index (χ4v) is 1.43. The van der Waals surface area contributed by atoms with Crippen LogP contribution < -0.4 is 5.32 Å². The summed E-state index contributed by atoms with van der Waals surface area (Å²) >= 11 is 0. The molecule has 80 valence electrons. The number of aryl methyl sites for hydroxylation is 2. The van der Waals surface area contributed by atoms with Crippen molar-refractivity contribution in [1.29, 1.82) is 0 Å². The maximum Gasteiger partial charge on any atom is 0.394 e. The van der Waals surface area contributed by atoms with Gasteiger partial charge in [0.2, 0.25) is 0 Å². The van der Waals surface area contributed by atoms with E-state index in [1.165, 1.54) is 0 Å². The van der Waals surface area contributed by atoms with Gasteiger partial charge in [-0.3, -0.25) is 4.79 Å². The summed E-state index contributed by atoms with van der Waals surface area (Å²) in [4.78, 5) is 21.0. The molecule has 4 nitrogen and oxygen atoms in total. The van der Waals surface area contributed by atoms with E-state index in [-0.39, 0.29) is 6.54 Å². The minimum Gasteiger partial charge on any atom is -0.474 e. The summed E-state index contributed by atoms with van der Waals surface area (Å²) in [6, 6.07) is 5.84. The third-order valence-corrected chi connectivity index (χ3v) is 1.93. The van der Waals surface area contributed by atoms with Gasteiger partial charge in [0.15, 0.2) is 0 Å². The summed E-state index contributed by atoms with van der Waals surface area (Å²) in [5, 5.41) is 10.7. The summed E-state index contributed by atoms with van der Waals surface area (Å²) in [6.07, 6.45) is 0. The van der Waals surface area contributed by atoms with E-state index < -0.39 is 11.9 Å². The number of carboxylic acids is 1. The highest BCUT2D eigenvalue weighted by molar-refractivity contribution is 6.31. The molecule has 1 amide bonds. The zero-order chi connectivity index (χ0) is 11.4. The molecule has 1 aromatic rings. The molecule has 0 saturated heterocycles. The van der Waals surface area contributed by atoms with E-state index in [1.807, 2.05) is 32.0 Å². The first-order valence-electron chi connectivity index (χ1n) is 4.57. The van der Waals surface area contributed by atoms with E-state index in [0.29, 0.717) is 0 Å². The molecule has 0 saturated carbocycles. The molecule has 0 fully saturated rings. The van der Waals surface area contributed by atoms with Gasteiger partial charge >= 0.3 is 11.9 Å². The molecule has 4 heteroatoms. The second-order valence-electron chi connectivity index (χ2n) is 3.48. The second kappa shape index (κ2) is 4.59. The third kappa shape index (κ3) is 3.42. The quantitative estimate of drug-likeness (QED) is 0.711. The van der Waals surface area contributed by atoms with Gasteiger partial charge in [-0.25, -0.2) is 4.79 Å². The van der Waals surface area contributed by atoms with E-state index in [1.54, 1.807) is 0 Å². The lowest BCUT2D eigenvalue weighted by Crippen LogP contribution is -2.30. The molecular formula is C11H13NO3. The normalized spacial score (nSPS) is 9.73. The number of aliphatic carboxylic acids is 1. The lowest BCUT2D eigenvalue weighted by Gasteiger charge is -2.05. The maximum atomic E-state index is 10.8. The summed E-state index contributed by atoms with van der Waals surface area (Å²) in [6.45, 7) is 4.15. The summed E-state index contributed by atoms with van der Waals surface area (Å²) in [7, 11) is 0. The van der Waals surface area contributed by atoms with Crippen molar-refractivity contribution in [3.63, 3.8) is 0 Å². The lowest BCUT2D eigenvalue weighted by atomic mass is 10.1. The Morgan fingerprint density at radius 2 is 1.73 bits per heavy atom. The Kier molecular flexibility index (Phi) is 3.44. The molecule has 1 rings (SSSR count). The zero-order valence-corrected chi connectivity index (χ0v) is 8.70. The highest BCUT2D eigenvalue weighted by Gasteiger charge is 2.09. The van der Waals surface area contributed by atoms with Gasteiger partial charge in [-0.15, -0.1) is 0 Å². The first kappa shape index (κ1) is 11.2. The molecule has 0 aliphatic rings. The molecular weight excluding hydrogens is 194 g/mol. The van der Waals surface area contributed by atoms with Gasteiger partial charge in [0.25, 0.3) is 0 Å². The molecule has 0 aromatic heterocycles. The van der Waals surface area contributed by atoms with Crippen molar-refractivity contribution in [1.82, 2.24) is 5.32 Å². The average molecular weight is 207 g/mol. The largest absolute Gasteiger partial charge is 0.474 e. The maximum absolute atomic E-state index is 10.8. The van der Waals surface area contributed by atoms with Gasteiger partial charge in [0.05, 0.1) is 0 Å². The molecule has 0 bridgehead atoms. The number of amides is 1. The SMILES string of the molecule is Cc1cc(C)cc(CNC(=O)C(=O)O)c1. The summed E-state index contributed by atoms with van der Waals surface area (Å²) in [5.74, 6) is -2.44. The van der Waals surface area contributed by atoms with Crippen molar-refractivity contribution in [2.75, 3.05) is 0 Å². The second-order valence-corrected chi connectivity index (χ2v) is 3.48. The topological polar surface area (TPSA) is 66.4 Å². The highest BCUT2D eigenvalue weighted by atomic mass is 16.4. The molecule has 0 heterocycles. The number of hydrogen-bond donors (Lipinski definition) is 2. The number of carboxylic acid groups (broad SMARTS) is 1. The summed E-state index contributed by atoms with van der Waals surface area (Å²) in [5.41, 5.74) is 3.09. The van der Waals surface area contributed by atoms with E-state index >= 15 is 0 Å². The predicted molar refractivity (Wildman–Crippen MR) is 55.4 cm³/mol. The standard InChI is InChI=1S/C11H13NO3/c1-7-3-8(2)5-9(4-7)6-12-10(13)11(14)15/h3-5H,6H2,1-2H3,(H,12,13)(H,14,15). The molecule has 0 aliphatic heterocycles. The van der Waals surface area contributed by atoms with Crippen molar-refractivity contribution in [2.45, 2.75) is 20.4 Å². The van der Waals surface area contributed by atoms with Crippen LogP contribution in [0.2, 0.25) is 0 Å². The van der Waals surface area contributed by atoms with Gasteiger partial charge < -0.3 is 10.4 Å². The van der Waals surface area contributed by atoms with Crippen LogP contribution in [0.3, 0.4) is 0 Å². The fraction of sp³-hybridized carbons (Fsp3) is 0.273. The van der Waals surface area contributed by atoms with Crippen molar-refractivity contribution in [3.8, 4) is 0 Å². The third-order valence-electron chi connectivity index (χ3n) is 1.93. The molecule has 15 heavy (non-hydrogen) atoms. The van der Waals surface area contributed by atoms with Crippen molar-refractivity contribution in [2.24, 2.45) is 0 Å². The Morgan fingerprint density at radius 3 is 2.20 bits per heavy atom. The van der Waals surface area contributed by atoms with Crippen LogP contribution >= 0.6 is 0 Å². The van der Waals surface area contributed by atoms with Crippen molar-refractivity contribution >= 4 is 11.9 Å². The highest BCUT2D eigenvalue weighted by Crippen LogP contribution is 2.08. The number of hydrogen-bond acceptors (Lipinski definition) is 2. The first-order valence-corrected chi connectivity index (χ1v) is 4.57. The van der Waals surface area contributed by atoms with Crippen molar-refractivity contribution < 1.29 is 14.7 Å². The van der Waals surface area contributed by atoms with Crippen LogP contribution in [0.25, 0.3) is 0 Å². The molecule has 2 N–H and O–H groups in total. The van der Waals surface area contributed by atoms with E-state index in [9.17, 15) is 9.59 Å². The zero-order valence-electron chi connectivity index (χ0n) is 8.70. The van der Waals surface area contributed by atoms with Crippen LogP contribution in [0.1, 0.15) is 16.7 Å². The minimum atomic E-state index is -1.46. The van der Waals surface area contributed by atoms with Gasteiger partial charge in [0, 0.05) is 6.54 Å². The summed E-state index contributed by atoms with van der Waals surface area (Å²) < 4.78 is 0. The Labute approximate surface area is 87.9 Å². The first-order chi connectivity index (χ1) is 6.99. The molecule has 0 atom stereocenters. The Hall–Kier alpha value is -1.84. The number of nitrogens with one attached hydrogen (secondary N) is 1. The monoisotopic (exact) mass is 207 g/mol. The van der Waals surface area contributed by atoms with Crippen LogP contribution in [0.15, 0.2) is 18.2 Å². The number of rotatable bonds is 2. The van der Waals surface area contributed by atoms with Gasteiger partial charge in [-0.2, -0.15) is 0 Å². The molecule has 0 aliphatic carbocycles. The lowest BCUT2D eigenvalue weighted by molar-refractivity contribution is -0.150. The average Bonchev–Trinajstić information content (AvgIpc) is 2.12. The van der Waals surface area contributed by atoms with Gasteiger partial charge in [-0.05, 0) is 19.4 Å². The van der Waals surface area contributed by atoms with Crippen molar-refractivity contribution in [3.05, 3.63) is 34.9 Å². The van der Waals surface area contributed by atoms with Crippen LogP contribution in [0.4, 0.5) is 0 Å². The number of carbonyl (C=O) groups excluding carboxylic acids is 1. The van der Waals surface area contributed by atoms with Crippen LogP contribution in [0, 0.1) is 13.8 Å². The smallest absolute Gasteiger partial charge is 0.394 e. The predicted octanol–water partition coefficient (Wildman–Crippen LogP) is 1.00. The number of benzene rings is 1. The van der Waals surface area contributed by atoms with Gasteiger partial charge in [0.1, 0.15) is 0 Å². The van der Waals surface area contributed by atoms with E-state index in [2.05, 4.69) is 5.32 Å². The Bertz CT molecular complexity index is 379. The molecule has 1 aromatic carbocycles. The molecule has 0 unspecified atom stereocenters.